The first kappa shape index (κ1) is 21.1. The van der Waals surface area contributed by atoms with Crippen molar-refractivity contribution in [2.24, 2.45) is 16.5 Å². The van der Waals surface area contributed by atoms with Crippen molar-refractivity contribution in [3.8, 4) is 11.4 Å². The molecule has 3 aromatic heterocycles. The van der Waals surface area contributed by atoms with Gasteiger partial charge in [0.25, 0.3) is 0 Å². The molecule has 0 saturated heterocycles. The van der Waals surface area contributed by atoms with E-state index >= 15 is 0 Å². The Balaban J connectivity index is 1.34. The summed E-state index contributed by atoms with van der Waals surface area (Å²) in [6, 6.07) is 5.64. The molecule has 178 valence electrons. The van der Waals surface area contributed by atoms with E-state index in [2.05, 4.69) is 31.4 Å². The minimum Gasteiger partial charge on any atom is -0.369 e. The molecule has 5 N–H and O–H groups in total. The Morgan fingerprint density at radius 1 is 1.11 bits per heavy atom. The Labute approximate surface area is 201 Å². The number of aromatic amines is 1. The van der Waals surface area contributed by atoms with Gasteiger partial charge in [0.15, 0.2) is 11.7 Å². The Kier molecular flexibility index (Phi) is 5.07. The lowest BCUT2D eigenvalue weighted by Gasteiger charge is -2.36. The van der Waals surface area contributed by atoms with Crippen LogP contribution in [0.3, 0.4) is 0 Å². The van der Waals surface area contributed by atoms with Crippen LogP contribution >= 0.6 is 0 Å². The number of hydrogen-bond donors (Lipinski definition) is 3. The summed E-state index contributed by atoms with van der Waals surface area (Å²) in [5, 5.41) is 11.9. The van der Waals surface area contributed by atoms with Crippen molar-refractivity contribution in [3.63, 3.8) is 0 Å². The molecule has 12 heteroatoms. The molecular formula is C23H25N11O. The second-order valence-electron chi connectivity index (χ2n) is 8.70. The molecule has 3 aromatic rings. The van der Waals surface area contributed by atoms with E-state index in [1.807, 2.05) is 47.7 Å². The minimum absolute atomic E-state index is 0.273. The van der Waals surface area contributed by atoms with Crippen LogP contribution < -0.4 is 11.5 Å². The molecule has 35 heavy (non-hydrogen) atoms. The molecule has 1 saturated carbocycles. The number of nitrogens with zero attached hydrogens (tertiary/aromatic N) is 8. The Morgan fingerprint density at radius 3 is 2.69 bits per heavy atom. The SMILES string of the molecule is CN1C=CN(C2=C(c3cc(C4CC4)[nH]n3)C(N)N(Cc3cc(-c4ccncn4)no3)C(N)=N2)C=C1. The zero-order valence-corrected chi connectivity index (χ0v) is 19.1. The van der Waals surface area contributed by atoms with Crippen molar-refractivity contribution in [1.29, 1.82) is 0 Å². The average molecular weight is 472 g/mol. The summed E-state index contributed by atoms with van der Waals surface area (Å²) in [5.74, 6) is 2.01. The first-order chi connectivity index (χ1) is 17.1. The predicted octanol–water partition coefficient (Wildman–Crippen LogP) is 1.71. The van der Waals surface area contributed by atoms with Gasteiger partial charge in [-0.15, -0.1) is 0 Å². The van der Waals surface area contributed by atoms with Crippen LogP contribution in [0.15, 0.2) is 70.9 Å². The van der Waals surface area contributed by atoms with Gasteiger partial charge in [-0.3, -0.25) is 5.10 Å². The van der Waals surface area contributed by atoms with E-state index in [1.54, 1.807) is 17.2 Å². The monoisotopic (exact) mass is 471 g/mol. The van der Waals surface area contributed by atoms with Gasteiger partial charge in [-0.05, 0) is 25.0 Å². The quantitative estimate of drug-likeness (QED) is 0.484. The number of H-pyrrole nitrogens is 1. The van der Waals surface area contributed by atoms with Crippen LogP contribution in [0.2, 0.25) is 0 Å². The largest absolute Gasteiger partial charge is 0.369 e. The molecule has 2 aliphatic heterocycles. The molecule has 0 amide bonds. The molecule has 1 fully saturated rings. The summed E-state index contributed by atoms with van der Waals surface area (Å²) in [4.78, 5) is 18.5. The average Bonchev–Trinajstić information content (AvgIpc) is 3.42. The molecule has 1 aliphatic carbocycles. The van der Waals surface area contributed by atoms with Crippen LogP contribution in [0.1, 0.15) is 35.9 Å². The zero-order chi connectivity index (χ0) is 23.9. The number of aliphatic imine (C=N–C) groups is 1. The van der Waals surface area contributed by atoms with Crippen molar-refractivity contribution in [3.05, 3.63) is 78.5 Å². The molecule has 1 unspecified atom stereocenters. The van der Waals surface area contributed by atoms with Crippen LogP contribution in [0.5, 0.6) is 0 Å². The van der Waals surface area contributed by atoms with Crippen LogP contribution in [0, 0.1) is 0 Å². The lowest BCUT2D eigenvalue weighted by molar-refractivity contribution is 0.290. The Bertz CT molecular complexity index is 1330. The van der Waals surface area contributed by atoms with Crippen molar-refractivity contribution < 1.29 is 4.52 Å². The first-order valence-corrected chi connectivity index (χ1v) is 11.3. The summed E-state index contributed by atoms with van der Waals surface area (Å²) < 4.78 is 5.56. The van der Waals surface area contributed by atoms with Crippen LogP contribution in [-0.2, 0) is 6.54 Å². The molecular weight excluding hydrogens is 446 g/mol. The zero-order valence-electron chi connectivity index (χ0n) is 19.1. The third-order valence-electron chi connectivity index (χ3n) is 6.18. The van der Waals surface area contributed by atoms with Gasteiger partial charge in [0, 0.05) is 55.7 Å². The maximum Gasteiger partial charge on any atom is 0.199 e. The van der Waals surface area contributed by atoms with E-state index < -0.39 is 6.17 Å². The highest BCUT2D eigenvalue weighted by molar-refractivity contribution is 5.87. The maximum absolute atomic E-state index is 6.82. The topological polar surface area (TPSA) is 155 Å². The van der Waals surface area contributed by atoms with Gasteiger partial charge in [-0.1, -0.05) is 5.16 Å². The van der Waals surface area contributed by atoms with Crippen LogP contribution in [0.4, 0.5) is 0 Å². The van der Waals surface area contributed by atoms with Crippen molar-refractivity contribution in [2.45, 2.75) is 31.5 Å². The predicted molar refractivity (Wildman–Crippen MR) is 128 cm³/mol. The molecule has 0 aromatic carbocycles. The number of nitrogens with two attached hydrogens (primary N) is 2. The maximum atomic E-state index is 6.82. The van der Waals surface area contributed by atoms with Crippen molar-refractivity contribution >= 4 is 11.5 Å². The summed E-state index contributed by atoms with van der Waals surface area (Å²) in [6.07, 6.45) is 12.5. The molecule has 0 spiro atoms. The summed E-state index contributed by atoms with van der Waals surface area (Å²) >= 11 is 0. The van der Waals surface area contributed by atoms with Gasteiger partial charge in [0.2, 0.25) is 0 Å². The molecule has 12 nitrogen and oxygen atoms in total. The van der Waals surface area contributed by atoms with Crippen LogP contribution in [0.25, 0.3) is 17.0 Å². The number of rotatable bonds is 6. The van der Waals surface area contributed by atoms with E-state index in [9.17, 15) is 0 Å². The van der Waals surface area contributed by atoms with E-state index in [1.165, 1.54) is 19.2 Å². The van der Waals surface area contributed by atoms with Gasteiger partial charge in [0.1, 0.15) is 24.0 Å². The smallest absolute Gasteiger partial charge is 0.199 e. The first-order valence-electron chi connectivity index (χ1n) is 11.3. The fourth-order valence-electron chi connectivity index (χ4n) is 4.10. The van der Waals surface area contributed by atoms with E-state index in [0.717, 1.165) is 17.0 Å². The highest BCUT2D eigenvalue weighted by Gasteiger charge is 2.35. The Hall–Kier alpha value is -4.45. The van der Waals surface area contributed by atoms with Crippen LogP contribution in [-0.4, -0.2) is 59.2 Å². The molecule has 5 heterocycles. The second-order valence-corrected chi connectivity index (χ2v) is 8.70. The third-order valence-corrected chi connectivity index (χ3v) is 6.18. The number of hydrogen-bond acceptors (Lipinski definition) is 11. The number of guanidine groups is 1. The summed E-state index contributed by atoms with van der Waals surface area (Å²) in [7, 11) is 1.95. The number of nitrogens with one attached hydrogen (secondary N) is 1. The van der Waals surface area contributed by atoms with Gasteiger partial charge in [-0.25, -0.2) is 9.97 Å². The summed E-state index contributed by atoms with van der Waals surface area (Å²) in [6.45, 7) is 0.277. The minimum atomic E-state index is -0.619. The number of aromatic nitrogens is 5. The van der Waals surface area contributed by atoms with Crippen molar-refractivity contribution in [2.75, 3.05) is 7.05 Å². The molecule has 0 radical (unpaired) electrons. The molecule has 3 aliphatic rings. The molecule has 1 atom stereocenters. The second kappa shape index (κ2) is 8.40. The standard InChI is InChI=1S/C23H25N11O/c1-32-6-8-33(9-7-32)22-20(19-11-17(29-30-19)14-2-3-14)21(24)34(23(25)28-22)12-15-10-18(31-35-15)16-4-5-26-13-27-16/h4-11,13-14,21H,2-3,12,24H2,1H3,(H2,25,28)(H,29,30). The van der Waals surface area contributed by atoms with E-state index in [0.29, 0.717) is 28.9 Å². The lowest BCUT2D eigenvalue weighted by Crippen LogP contribution is -2.52. The van der Waals surface area contributed by atoms with E-state index in [4.69, 9.17) is 21.0 Å². The van der Waals surface area contributed by atoms with Crippen molar-refractivity contribution in [1.82, 2.24) is 40.0 Å². The fourth-order valence-corrected chi connectivity index (χ4v) is 4.10. The van der Waals surface area contributed by atoms with Gasteiger partial charge < -0.3 is 30.7 Å². The Morgan fingerprint density at radius 2 is 1.94 bits per heavy atom. The lowest BCUT2D eigenvalue weighted by atomic mass is 10.1. The summed E-state index contributed by atoms with van der Waals surface area (Å²) in [5.41, 5.74) is 17.1. The third kappa shape index (κ3) is 4.04. The molecule has 6 rings (SSSR count). The molecule has 0 bridgehead atoms. The van der Waals surface area contributed by atoms with Gasteiger partial charge in [-0.2, -0.15) is 10.1 Å². The highest BCUT2D eigenvalue weighted by atomic mass is 16.5. The normalized spacial score (nSPS) is 20.1. The van der Waals surface area contributed by atoms with Gasteiger partial charge >= 0.3 is 0 Å². The fraction of sp³-hybridized carbons (Fsp3) is 0.261. The van der Waals surface area contributed by atoms with E-state index in [-0.39, 0.29) is 12.5 Å². The van der Waals surface area contributed by atoms with Gasteiger partial charge in [0.05, 0.1) is 23.5 Å². The highest BCUT2D eigenvalue weighted by Crippen LogP contribution is 2.40.